The fourth-order valence-electron chi connectivity index (χ4n) is 2.19. The van der Waals surface area contributed by atoms with Crippen LogP contribution < -0.4 is 20.1 Å². The monoisotopic (exact) mass is 400 g/mol. The number of aromatic nitrogens is 2. The lowest BCUT2D eigenvalue weighted by molar-refractivity contribution is 0.414. The minimum Gasteiger partial charge on any atom is -0.497 e. The summed E-state index contributed by atoms with van der Waals surface area (Å²) in [7, 11) is 1.63. The molecular weight excluding hydrogens is 384 g/mol. The summed E-state index contributed by atoms with van der Waals surface area (Å²) in [6, 6.07) is 18.5. The Kier molecular flexibility index (Phi) is 6.40. The number of ether oxygens (including phenoxy) is 2. The van der Waals surface area contributed by atoms with Gasteiger partial charge in [0.15, 0.2) is 5.11 Å². The van der Waals surface area contributed by atoms with Gasteiger partial charge in [0.25, 0.3) is 0 Å². The molecule has 0 spiro atoms. The number of anilines is 1. The fraction of sp³-hybridized carbons (Fsp3) is 0.105. The molecule has 0 amide bonds. The summed E-state index contributed by atoms with van der Waals surface area (Å²) in [5.74, 6) is 2.03. The Hall–Kier alpha value is -2.90. The van der Waals surface area contributed by atoms with Crippen molar-refractivity contribution in [3.8, 4) is 17.4 Å². The van der Waals surface area contributed by atoms with Gasteiger partial charge in [-0.25, -0.2) is 4.98 Å². The molecule has 3 rings (SSSR count). The van der Waals surface area contributed by atoms with Gasteiger partial charge in [-0.05, 0) is 42.0 Å². The molecule has 0 radical (unpaired) electrons. The number of nitrogens with one attached hydrogen (secondary N) is 2. The van der Waals surface area contributed by atoms with Crippen molar-refractivity contribution in [2.75, 3.05) is 12.4 Å². The Morgan fingerprint density at radius 2 is 1.78 bits per heavy atom. The molecule has 0 aliphatic carbocycles. The van der Waals surface area contributed by atoms with Crippen molar-refractivity contribution in [3.05, 3.63) is 71.4 Å². The maximum Gasteiger partial charge on any atom is 0.233 e. The predicted molar refractivity (Wildman–Crippen MR) is 110 cm³/mol. The maximum atomic E-state index is 6.05. The number of rotatable bonds is 6. The molecule has 0 bridgehead atoms. The summed E-state index contributed by atoms with van der Waals surface area (Å²) in [6.45, 7) is 0.545. The summed E-state index contributed by atoms with van der Waals surface area (Å²) in [5, 5.41) is 6.62. The molecule has 2 aromatic carbocycles. The van der Waals surface area contributed by atoms with Gasteiger partial charge in [0.05, 0.1) is 7.11 Å². The van der Waals surface area contributed by atoms with E-state index in [4.69, 9.17) is 33.3 Å². The first-order chi connectivity index (χ1) is 13.1. The maximum absolute atomic E-state index is 6.05. The molecule has 1 heterocycles. The van der Waals surface area contributed by atoms with E-state index in [9.17, 15) is 0 Å². The molecular formula is C19H17ClN4O2S. The van der Waals surface area contributed by atoms with E-state index in [0.29, 0.717) is 23.3 Å². The van der Waals surface area contributed by atoms with Gasteiger partial charge in [-0.1, -0.05) is 41.9 Å². The van der Waals surface area contributed by atoms with Crippen LogP contribution in [-0.2, 0) is 6.54 Å². The molecule has 0 unspecified atom stereocenters. The second-order valence-electron chi connectivity index (χ2n) is 5.42. The zero-order valence-corrected chi connectivity index (χ0v) is 16.1. The smallest absolute Gasteiger partial charge is 0.233 e. The second kappa shape index (κ2) is 9.16. The Morgan fingerprint density at radius 3 is 2.48 bits per heavy atom. The summed E-state index contributed by atoms with van der Waals surface area (Å²) in [6.07, 6.45) is 0. The van der Waals surface area contributed by atoms with E-state index >= 15 is 0 Å². The lowest BCUT2D eigenvalue weighted by atomic mass is 10.2. The highest BCUT2D eigenvalue weighted by atomic mass is 35.5. The average Bonchev–Trinajstić information content (AvgIpc) is 2.67. The number of benzene rings is 2. The summed E-state index contributed by atoms with van der Waals surface area (Å²) < 4.78 is 10.8. The van der Waals surface area contributed by atoms with Crippen LogP contribution in [0.15, 0.2) is 60.7 Å². The van der Waals surface area contributed by atoms with Crippen LogP contribution in [0.25, 0.3) is 0 Å². The summed E-state index contributed by atoms with van der Waals surface area (Å²) in [5.41, 5.74) is 1.06. The Labute approximate surface area is 167 Å². The zero-order valence-electron chi connectivity index (χ0n) is 14.5. The minimum absolute atomic E-state index is 0.247. The van der Waals surface area contributed by atoms with Crippen LogP contribution in [0.4, 0.5) is 5.95 Å². The molecule has 0 saturated heterocycles. The Balaban J connectivity index is 1.59. The van der Waals surface area contributed by atoms with Crippen molar-refractivity contribution in [2.45, 2.75) is 6.54 Å². The molecule has 0 saturated carbocycles. The van der Waals surface area contributed by atoms with Gasteiger partial charge < -0.3 is 20.1 Å². The zero-order chi connectivity index (χ0) is 19.1. The van der Waals surface area contributed by atoms with Crippen LogP contribution in [0.2, 0.25) is 5.15 Å². The molecule has 3 aromatic rings. The van der Waals surface area contributed by atoms with E-state index in [-0.39, 0.29) is 11.1 Å². The normalized spacial score (nSPS) is 10.1. The molecule has 27 heavy (non-hydrogen) atoms. The first-order valence-corrected chi connectivity index (χ1v) is 8.86. The quantitative estimate of drug-likeness (QED) is 0.469. The van der Waals surface area contributed by atoms with Crippen LogP contribution in [-0.4, -0.2) is 22.2 Å². The third-order valence-corrected chi connectivity index (χ3v) is 3.91. The Bertz CT molecular complexity index is 907. The number of nitrogens with zero attached hydrogens (tertiary/aromatic N) is 2. The van der Waals surface area contributed by atoms with E-state index in [1.807, 2.05) is 54.6 Å². The third-order valence-electron chi connectivity index (χ3n) is 3.47. The van der Waals surface area contributed by atoms with Crippen molar-refractivity contribution >= 4 is 34.9 Å². The van der Waals surface area contributed by atoms with Crippen molar-refractivity contribution in [2.24, 2.45) is 0 Å². The standard InChI is InChI=1S/C19H17ClN4O2S/c1-25-14-9-7-13(8-10-14)12-21-19(27)24-18-22-16(20)11-17(23-18)26-15-5-3-2-4-6-15/h2-11H,12H2,1H3,(H2,21,22,23,24,27). The second-order valence-corrected chi connectivity index (χ2v) is 6.22. The van der Waals surface area contributed by atoms with Crippen LogP contribution >= 0.6 is 23.8 Å². The van der Waals surface area contributed by atoms with Gasteiger partial charge >= 0.3 is 0 Å². The molecule has 6 nitrogen and oxygen atoms in total. The van der Waals surface area contributed by atoms with Gasteiger partial charge in [0.1, 0.15) is 16.7 Å². The van der Waals surface area contributed by atoms with Crippen molar-refractivity contribution in [3.63, 3.8) is 0 Å². The number of halogens is 1. The number of methoxy groups -OCH3 is 1. The molecule has 0 atom stereocenters. The summed E-state index contributed by atoms with van der Waals surface area (Å²) >= 11 is 11.3. The molecule has 138 valence electrons. The van der Waals surface area contributed by atoms with Crippen molar-refractivity contribution in [1.82, 2.24) is 15.3 Å². The van der Waals surface area contributed by atoms with Crippen LogP contribution in [0, 0.1) is 0 Å². The van der Waals surface area contributed by atoms with Gasteiger partial charge in [0.2, 0.25) is 11.8 Å². The van der Waals surface area contributed by atoms with Gasteiger partial charge in [-0.15, -0.1) is 0 Å². The van der Waals surface area contributed by atoms with E-state index in [0.717, 1.165) is 11.3 Å². The van der Waals surface area contributed by atoms with Gasteiger partial charge in [-0.2, -0.15) is 4.98 Å². The van der Waals surface area contributed by atoms with Crippen molar-refractivity contribution in [1.29, 1.82) is 0 Å². The average molecular weight is 401 g/mol. The van der Waals surface area contributed by atoms with Gasteiger partial charge in [-0.3, -0.25) is 0 Å². The van der Waals surface area contributed by atoms with E-state index in [1.165, 1.54) is 6.07 Å². The van der Waals surface area contributed by atoms with E-state index in [1.54, 1.807) is 7.11 Å². The SMILES string of the molecule is COc1ccc(CNC(=S)Nc2nc(Cl)cc(Oc3ccccc3)n2)cc1. The fourth-order valence-corrected chi connectivity index (χ4v) is 2.52. The Morgan fingerprint density at radius 1 is 1.04 bits per heavy atom. The minimum atomic E-state index is 0.247. The number of hydrogen-bond acceptors (Lipinski definition) is 5. The van der Waals surface area contributed by atoms with Gasteiger partial charge in [0, 0.05) is 12.6 Å². The lowest BCUT2D eigenvalue weighted by Crippen LogP contribution is -2.28. The highest BCUT2D eigenvalue weighted by Gasteiger charge is 2.07. The molecule has 0 aliphatic rings. The molecule has 0 fully saturated rings. The molecule has 8 heteroatoms. The summed E-state index contributed by atoms with van der Waals surface area (Å²) in [4.78, 5) is 8.39. The first-order valence-electron chi connectivity index (χ1n) is 8.07. The highest BCUT2D eigenvalue weighted by molar-refractivity contribution is 7.80. The molecule has 2 N–H and O–H groups in total. The number of thiocarbonyl (C=S) groups is 1. The lowest BCUT2D eigenvalue weighted by Gasteiger charge is -2.11. The topological polar surface area (TPSA) is 68.3 Å². The van der Waals surface area contributed by atoms with E-state index in [2.05, 4.69) is 20.6 Å². The van der Waals surface area contributed by atoms with Crippen LogP contribution in [0.3, 0.4) is 0 Å². The third kappa shape index (κ3) is 5.80. The predicted octanol–water partition coefficient (Wildman–Crippen LogP) is 4.42. The largest absolute Gasteiger partial charge is 0.497 e. The highest BCUT2D eigenvalue weighted by Crippen LogP contribution is 2.22. The van der Waals surface area contributed by atoms with Crippen LogP contribution in [0.5, 0.6) is 17.4 Å². The van der Waals surface area contributed by atoms with Crippen molar-refractivity contribution < 1.29 is 9.47 Å². The number of para-hydroxylation sites is 1. The number of hydrogen-bond donors (Lipinski definition) is 2. The van der Waals surface area contributed by atoms with Crippen LogP contribution in [0.1, 0.15) is 5.56 Å². The molecule has 0 aliphatic heterocycles. The van der Waals surface area contributed by atoms with E-state index < -0.39 is 0 Å². The molecule has 1 aromatic heterocycles. The first kappa shape index (κ1) is 18.9.